The highest BCUT2D eigenvalue weighted by Gasteiger charge is 2.26. The van der Waals surface area contributed by atoms with E-state index in [4.69, 9.17) is 4.42 Å². The predicted molar refractivity (Wildman–Crippen MR) is 124 cm³/mol. The third kappa shape index (κ3) is 8.08. The monoisotopic (exact) mass is 424 g/mol. The molecule has 1 aromatic heterocycles. The summed E-state index contributed by atoms with van der Waals surface area (Å²) in [6, 6.07) is 13.8. The summed E-state index contributed by atoms with van der Waals surface area (Å²) in [5.41, 5.74) is 1.17. The van der Waals surface area contributed by atoms with E-state index in [1.165, 1.54) is 5.56 Å². The smallest absolute Gasteiger partial charge is 0.242 e. The Bertz CT molecular complexity index is 786. The Morgan fingerprint density at radius 3 is 2.48 bits per heavy atom. The van der Waals surface area contributed by atoms with E-state index in [0.29, 0.717) is 19.6 Å². The summed E-state index contributed by atoms with van der Waals surface area (Å²) in [5, 5.41) is 0. The van der Waals surface area contributed by atoms with Crippen LogP contribution in [0.2, 0.25) is 0 Å². The first-order valence-corrected chi connectivity index (χ1v) is 11.3. The van der Waals surface area contributed by atoms with Crippen LogP contribution >= 0.6 is 0 Å². The van der Waals surface area contributed by atoms with Gasteiger partial charge in [-0.25, -0.2) is 0 Å². The molecule has 0 bridgehead atoms. The molecule has 2 aromatic rings. The number of nitrogens with zero attached hydrogens (tertiary/aromatic N) is 2. The van der Waals surface area contributed by atoms with E-state index < -0.39 is 0 Å². The SMILES string of the molecule is C=CCN(CC(=O)N(CCc1ccccc1)Cc1ccco1)C(=O)[C@@H](CC)CCCC. The first kappa shape index (κ1) is 24.4. The van der Waals surface area contributed by atoms with Crippen molar-refractivity contribution in [3.8, 4) is 0 Å². The fraction of sp³-hybridized carbons (Fsp3) is 0.462. The number of carbonyl (C=O) groups excluding carboxylic acids is 2. The van der Waals surface area contributed by atoms with Crippen molar-refractivity contribution in [2.24, 2.45) is 5.92 Å². The number of hydrogen-bond donors (Lipinski definition) is 0. The Kier molecular flexibility index (Phi) is 10.6. The molecule has 2 rings (SSSR count). The van der Waals surface area contributed by atoms with Crippen LogP contribution in [0.4, 0.5) is 0 Å². The predicted octanol–water partition coefficient (Wildman–Crippen LogP) is 5.08. The molecule has 0 saturated heterocycles. The molecule has 1 aromatic carbocycles. The van der Waals surface area contributed by atoms with Gasteiger partial charge in [0.25, 0.3) is 0 Å². The lowest BCUT2D eigenvalue weighted by Gasteiger charge is -2.29. The van der Waals surface area contributed by atoms with Crippen LogP contribution in [0.3, 0.4) is 0 Å². The highest BCUT2D eigenvalue weighted by molar-refractivity contribution is 5.86. The zero-order valence-corrected chi connectivity index (χ0v) is 19.0. The van der Waals surface area contributed by atoms with E-state index in [-0.39, 0.29) is 24.3 Å². The number of furan rings is 1. The van der Waals surface area contributed by atoms with E-state index in [0.717, 1.165) is 37.9 Å². The summed E-state index contributed by atoms with van der Waals surface area (Å²) >= 11 is 0. The number of amides is 2. The molecule has 0 aliphatic carbocycles. The van der Waals surface area contributed by atoms with Crippen LogP contribution in [0.25, 0.3) is 0 Å². The van der Waals surface area contributed by atoms with E-state index in [2.05, 4.69) is 25.6 Å². The molecule has 1 heterocycles. The van der Waals surface area contributed by atoms with Crippen molar-refractivity contribution in [1.29, 1.82) is 0 Å². The van der Waals surface area contributed by atoms with Gasteiger partial charge in [0.15, 0.2) is 0 Å². The lowest BCUT2D eigenvalue weighted by atomic mass is 9.97. The van der Waals surface area contributed by atoms with Gasteiger partial charge in [0.05, 0.1) is 12.8 Å². The lowest BCUT2D eigenvalue weighted by molar-refractivity contribution is -0.143. The van der Waals surface area contributed by atoms with Crippen LogP contribution in [-0.4, -0.2) is 41.2 Å². The Labute approximate surface area is 186 Å². The minimum atomic E-state index is -0.0760. The highest BCUT2D eigenvalue weighted by Crippen LogP contribution is 2.17. The average molecular weight is 425 g/mol. The van der Waals surface area contributed by atoms with Crippen LogP contribution in [0.5, 0.6) is 0 Å². The van der Waals surface area contributed by atoms with Crippen molar-refractivity contribution in [1.82, 2.24) is 9.80 Å². The third-order valence-corrected chi connectivity index (χ3v) is 5.53. The molecule has 168 valence electrons. The van der Waals surface area contributed by atoms with Crippen molar-refractivity contribution in [3.05, 3.63) is 72.7 Å². The summed E-state index contributed by atoms with van der Waals surface area (Å²) in [6.07, 6.45) is 7.77. The van der Waals surface area contributed by atoms with Gasteiger partial charge in [0.1, 0.15) is 12.3 Å². The summed E-state index contributed by atoms with van der Waals surface area (Å²) in [5.74, 6) is 0.658. The maximum atomic E-state index is 13.3. The summed E-state index contributed by atoms with van der Waals surface area (Å²) in [6.45, 7) is 9.34. The van der Waals surface area contributed by atoms with E-state index in [1.807, 2.05) is 37.3 Å². The van der Waals surface area contributed by atoms with Crippen LogP contribution < -0.4 is 0 Å². The van der Waals surface area contributed by atoms with E-state index in [9.17, 15) is 9.59 Å². The Hall–Kier alpha value is -2.82. The second-order valence-electron chi connectivity index (χ2n) is 7.89. The molecule has 0 radical (unpaired) electrons. The van der Waals surface area contributed by atoms with Crippen LogP contribution in [-0.2, 0) is 22.6 Å². The molecule has 0 aliphatic heterocycles. The van der Waals surface area contributed by atoms with Gasteiger partial charge in [-0.1, -0.05) is 63.1 Å². The molecule has 31 heavy (non-hydrogen) atoms. The van der Waals surface area contributed by atoms with E-state index >= 15 is 0 Å². The molecule has 0 spiro atoms. The number of carbonyl (C=O) groups is 2. The van der Waals surface area contributed by atoms with Gasteiger partial charge in [-0.2, -0.15) is 0 Å². The van der Waals surface area contributed by atoms with Gasteiger partial charge in [-0.15, -0.1) is 6.58 Å². The number of benzene rings is 1. The standard InChI is InChI=1S/C26H36N2O3/c1-4-7-14-23(6-3)26(30)28(17-5-2)21-25(29)27(20-24-15-11-19-31-24)18-16-22-12-9-8-10-13-22/h5,8-13,15,19,23H,2,4,6-7,14,16-18,20-21H2,1,3H3/t23-/m0/s1. The minimum absolute atomic E-state index is 0.0458. The first-order chi connectivity index (χ1) is 15.1. The zero-order valence-electron chi connectivity index (χ0n) is 19.0. The molecule has 0 saturated carbocycles. The quantitative estimate of drug-likeness (QED) is 0.397. The third-order valence-electron chi connectivity index (χ3n) is 5.53. The van der Waals surface area contributed by atoms with Gasteiger partial charge < -0.3 is 14.2 Å². The Morgan fingerprint density at radius 1 is 1.10 bits per heavy atom. The second kappa shape index (κ2) is 13.5. The minimum Gasteiger partial charge on any atom is -0.467 e. The average Bonchev–Trinajstić information content (AvgIpc) is 3.30. The molecule has 0 N–H and O–H groups in total. The molecule has 1 atom stereocenters. The fourth-order valence-electron chi connectivity index (χ4n) is 3.65. The summed E-state index contributed by atoms with van der Waals surface area (Å²) in [7, 11) is 0. The molecule has 0 unspecified atom stereocenters. The topological polar surface area (TPSA) is 53.8 Å². The molecule has 0 aliphatic rings. The largest absolute Gasteiger partial charge is 0.467 e. The second-order valence-corrected chi connectivity index (χ2v) is 7.89. The normalized spacial score (nSPS) is 11.7. The van der Waals surface area contributed by atoms with Crippen molar-refractivity contribution < 1.29 is 14.0 Å². The van der Waals surface area contributed by atoms with Crippen molar-refractivity contribution in [2.45, 2.75) is 52.5 Å². The van der Waals surface area contributed by atoms with Gasteiger partial charge >= 0.3 is 0 Å². The molecule has 5 nitrogen and oxygen atoms in total. The van der Waals surface area contributed by atoms with Crippen molar-refractivity contribution in [2.75, 3.05) is 19.6 Å². The Morgan fingerprint density at radius 2 is 1.87 bits per heavy atom. The zero-order chi connectivity index (χ0) is 22.5. The van der Waals surface area contributed by atoms with Gasteiger partial charge in [-0.3, -0.25) is 9.59 Å². The molecule has 2 amide bonds. The van der Waals surface area contributed by atoms with Crippen LogP contribution in [0.1, 0.15) is 50.9 Å². The highest BCUT2D eigenvalue weighted by atomic mass is 16.3. The number of hydrogen-bond acceptors (Lipinski definition) is 3. The van der Waals surface area contributed by atoms with E-state index in [1.54, 1.807) is 22.1 Å². The molecular weight excluding hydrogens is 388 g/mol. The Balaban J connectivity index is 2.10. The van der Waals surface area contributed by atoms with Gasteiger partial charge in [0, 0.05) is 19.0 Å². The number of unbranched alkanes of at least 4 members (excludes halogenated alkanes) is 1. The number of rotatable bonds is 14. The van der Waals surface area contributed by atoms with Crippen LogP contribution in [0, 0.1) is 5.92 Å². The van der Waals surface area contributed by atoms with Gasteiger partial charge in [-0.05, 0) is 37.0 Å². The molecule has 0 fully saturated rings. The van der Waals surface area contributed by atoms with Crippen LogP contribution in [0.15, 0.2) is 65.8 Å². The molecule has 5 heteroatoms. The summed E-state index contributed by atoms with van der Waals surface area (Å²) < 4.78 is 5.48. The fourth-order valence-corrected chi connectivity index (χ4v) is 3.65. The maximum absolute atomic E-state index is 13.3. The molecular formula is C26H36N2O3. The maximum Gasteiger partial charge on any atom is 0.242 e. The summed E-state index contributed by atoms with van der Waals surface area (Å²) in [4.78, 5) is 29.8. The van der Waals surface area contributed by atoms with Crippen molar-refractivity contribution >= 4 is 11.8 Å². The van der Waals surface area contributed by atoms with Crippen molar-refractivity contribution in [3.63, 3.8) is 0 Å². The lowest BCUT2D eigenvalue weighted by Crippen LogP contribution is -2.45. The van der Waals surface area contributed by atoms with Gasteiger partial charge in [0.2, 0.25) is 11.8 Å². The first-order valence-electron chi connectivity index (χ1n) is 11.3.